The molecule has 1 saturated heterocycles. The lowest BCUT2D eigenvalue weighted by molar-refractivity contribution is 0.578. The van der Waals surface area contributed by atoms with Gasteiger partial charge in [-0.15, -0.1) is 0 Å². The number of rotatable bonds is 3. The number of benzene rings is 1. The summed E-state index contributed by atoms with van der Waals surface area (Å²) >= 11 is 0. The number of piperidine rings is 1. The van der Waals surface area contributed by atoms with Gasteiger partial charge in [0.05, 0.1) is 29.1 Å². The zero-order valence-electron chi connectivity index (χ0n) is 17.4. The van der Waals surface area contributed by atoms with Gasteiger partial charge in [0.1, 0.15) is 11.2 Å². The Kier molecular flexibility index (Phi) is 4.19. The van der Waals surface area contributed by atoms with E-state index < -0.39 is 0 Å². The van der Waals surface area contributed by atoms with Gasteiger partial charge in [-0.3, -0.25) is 15.1 Å². The van der Waals surface area contributed by atoms with Crippen molar-refractivity contribution in [2.24, 2.45) is 0 Å². The molecule has 0 unspecified atom stereocenters. The Morgan fingerprint density at radius 1 is 0.935 bits per heavy atom. The number of anilines is 1. The van der Waals surface area contributed by atoms with Gasteiger partial charge in [0.2, 0.25) is 0 Å². The molecule has 2 N–H and O–H groups in total. The van der Waals surface area contributed by atoms with Crippen LogP contribution < -0.4 is 4.90 Å². The number of hydrogen-bond donors (Lipinski definition) is 2. The van der Waals surface area contributed by atoms with Gasteiger partial charge in [-0.05, 0) is 55.5 Å². The average Bonchev–Trinajstić information content (AvgIpc) is 3.43. The molecule has 7 heteroatoms. The Hall–Kier alpha value is -3.74. The van der Waals surface area contributed by atoms with Crippen LogP contribution in [-0.4, -0.2) is 43.2 Å². The summed E-state index contributed by atoms with van der Waals surface area (Å²) in [5.41, 5.74) is 8.24. The summed E-state index contributed by atoms with van der Waals surface area (Å²) in [6.07, 6.45) is 11.2. The molecule has 1 aromatic carbocycles. The third-order valence-electron chi connectivity index (χ3n) is 6.21. The minimum Gasteiger partial charge on any atom is -0.368 e. The van der Waals surface area contributed by atoms with Crippen LogP contribution in [0.4, 0.5) is 5.69 Å². The van der Waals surface area contributed by atoms with E-state index in [0.29, 0.717) is 0 Å². The second-order valence-corrected chi connectivity index (χ2v) is 8.21. The summed E-state index contributed by atoms with van der Waals surface area (Å²) in [6, 6.07) is 8.36. The predicted octanol–water partition coefficient (Wildman–Crippen LogP) is 4.86. The van der Waals surface area contributed by atoms with Crippen molar-refractivity contribution < 1.29 is 0 Å². The van der Waals surface area contributed by atoms with Crippen molar-refractivity contribution in [3.8, 4) is 22.6 Å². The molecule has 1 fully saturated rings. The third kappa shape index (κ3) is 3.04. The minimum absolute atomic E-state index is 0.757. The molecule has 0 bridgehead atoms. The van der Waals surface area contributed by atoms with Gasteiger partial charge < -0.3 is 9.88 Å². The number of fused-ring (bicyclic) bond motifs is 2. The summed E-state index contributed by atoms with van der Waals surface area (Å²) in [6.45, 7) is 4.22. The lowest BCUT2D eigenvalue weighted by Gasteiger charge is -2.28. The van der Waals surface area contributed by atoms with E-state index in [4.69, 9.17) is 4.98 Å². The van der Waals surface area contributed by atoms with Crippen LogP contribution in [0.1, 0.15) is 24.8 Å². The molecule has 0 radical (unpaired) electrons. The Morgan fingerprint density at radius 2 is 1.84 bits per heavy atom. The highest BCUT2D eigenvalue weighted by atomic mass is 15.2. The monoisotopic (exact) mass is 409 g/mol. The number of nitrogens with one attached hydrogen (secondary N) is 2. The second-order valence-electron chi connectivity index (χ2n) is 8.21. The molecule has 5 aromatic rings. The van der Waals surface area contributed by atoms with Gasteiger partial charge in [-0.1, -0.05) is 6.07 Å². The van der Waals surface area contributed by atoms with Crippen LogP contribution in [0.3, 0.4) is 0 Å². The standard InChI is InChI=1S/C24H23N7/c1-15-7-8-25-12-18(15)16-5-6-19-17(11-16)22(30-29-19)24-27-20-13-26-14-21(23(20)28-24)31-9-3-2-4-10-31/h5-8,11-14H,2-4,9-10H2,1H3,(H,27,28)(H,29,30). The van der Waals surface area contributed by atoms with E-state index in [-0.39, 0.29) is 0 Å². The quantitative estimate of drug-likeness (QED) is 0.444. The maximum absolute atomic E-state index is 4.97. The molecule has 0 spiro atoms. The summed E-state index contributed by atoms with van der Waals surface area (Å²) < 4.78 is 0. The minimum atomic E-state index is 0.757. The molecule has 1 aliphatic rings. The molecule has 31 heavy (non-hydrogen) atoms. The first-order valence-electron chi connectivity index (χ1n) is 10.8. The van der Waals surface area contributed by atoms with E-state index in [0.717, 1.165) is 63.4 Å². The van der Waals surface area contributed by atoms with Crippen LogP contribution in [0.5, 0.6) is 0 Å². The van der Waals surface area contributed by atoms with Crippen molar-refractivity contribution in [1.29, 1.82) is 0 Å². The van der Waals surface area contributed by atoms with E-state index >= 15 is 0 Å². The van der Waals surface area contributed by atoms with E-state index in [9.17, 15) is 0 Å². The number of aromatic amines is 2. The maximum Gasteiger partial charge on any atom is 0.159 e. The zero-order valence-corrected chi connectivity index (χ0v) is 17.4. The lowest BCUT2D eigenvalue weighted by Crippen LogP contribution is -2.29. The van der Waals surface area contributed by atoms with Gasteiger partial charge in [0, 0.05) is 36.4 Å². The highest BCUT2D eigenvalue weighted by Gasteiger charge is 2.19. The molecular formula is C24H23N7. The highest BCUT2D eigenvalue weighted by Crippen LogP contribution is 2.33. The van der Waals surface area contributed by atoms with Gasteiger partial charge >= 0.3 is 0 Å². The first-order chi connectivity index (χ1) is 15.3. The number of nitrogens with zero attached hydrogens (tertiary/aromatic N) is 5. The summed E-state index contributed by atoms with van der Waals surface area (Å²) in [4.78, 5) is 19.6. The Labute approximate surface area is 179 Å². The largest absolute Gasteiger partial charge is 0.368 e. The molecular weight excluding hydrogens is 386 g/mol. The predicted molar refractivity (Wildman–Crippen MR) is 123 cm³/mol. The summed E-state index contributed by atoms with van der Waals surface area (Å²) in [7, 11) is 0. The van der Waals surface area contributed by atoms with Gasteiger partial charge in [0.25, 0.3) is 0 Å². The Balaban J connectivity index is 1.47. The van der Waals surface area contributed by atoms with Crippen molar-refractivity contribution in [1.82, 2.24) is 30.1 Å². The number of H-pyrrole nitrogens is 2. The fourth-order valence-electron chi connectivity index (χ4n) is 4.53. The van der Waals surface area contributed by atoms with Crippen molar-refractivity contribution >= 4 is 27.6 Å². The maximum atomic E-state index is 4.97. The SMILES string of the molecule is Cc1ccncc1-c1ccc2[nH]nc(-c3nc4c(N5CCCCC5)cncc4[nH]3)c2c1. The van der Waals surface area contributed by atoms with Crippen LogP contribution in [0.15, 0.2) is 49.1 Å². The first-order valence-corrected chi connectivity index (χ1v) is 10.8. The molecule has 154 valence electrons. The molecule has 1 aliphatic heterocycles. The fraction of sp³-hybridized carbons (Fsp3) is 0.250. The first kappa shape index (κ1) is 18.1. The molecule has 0 amide bonds. The van der Waals surface area contributed by atoms with E-state index in [2.05, 4.69) is 55.2 Å². The second kappa shape index (κ2) is 7.19. The third-order valence-corrected chi connectivity index (χ3v) is 6.21. The highest BCUT2D eigenvalue weighted by molar-refractivity contribution is 5.97. The van der Waals surface area contributed by atoms with Crippen molar-refractivity contribution in [2.45, 2.75) is 26.2 Å². The zero-order chi connectivity index (χ0) is 20.8. The van der Waals surface area contributed by atoms with Crippen LogP contribution in [0.25, 0.3) is 44.6 Å². The molecule has 6 rings (SSSR count). The van der Waals surface area contributed by atoms with E-state index in [1.807, 2.05) is 30.9 Å². The molecule has 7 nitrogen and oxygen atoms in total. The number of imidazole rings is 1. The summed E-state index contributed by atoms with van der Waals surface area (Å²) in [5.74, 6) is 0.757. The Bertz CT molecular complexity index is 1390. The van der Waals surface area contributed by atoms with Crippen molar-refractivity contribution in [3.05, 3.63) is 54.6 Å². The topological polar surface area (TPSA) is 86.4 Å². The average molecular weight is 409 g/mol. The summed E-state index contributed by atoms with van der Waals surface area (Å²) in [5, 5.41) is 8.78. The van der Waals surface area contributed by atoms with Gasteiger partial charge in [-0.2, -0.15) is 5.10 Å². The van der Waals surface area contributed by atoms with E-state index in [1.165, 1.54) is 24.8 Å². The molecule has 5 heterocycles. The fourth-order valence-corrected chi connectivity index (χ4v) is 4.53. The number of pyridine rings is 2. The molecule has 0 atom stereocenters. The van der Waals surface area contributed by atoms with Crippen LogP contribution in [0, 0.1) is 6.92 Å². The molecule has 4 aromatic heterocycles. The Morgan fingerprint density at radius 3 is 2.71 bits per heavy atom. The number of aryl methyl sites for hydroxylation is 1. The van der Waals surface area contributed by atoms with Gasteiger partial charge in [0.15, 0.2) is 5.82 Å². The number of aromatic nitrogens is 6. The number of hydrogen-bond acceptors (Lipinski definition) is 5. The van der Waals surface area contributed by atoms with Crippen LogP contribution in [-0.2, 0) is 0 Å². The molecule has 0 aliphatic carbocycles. The van der Waals surface area contributed by atoms with E-state index in [1.54, 1.807) is 0 Å². The van der Waals surface area contributed by atoms with Crippen molar-refractivity contribution in [3.63, 3.8) is 0 Å². The van der Waals surface area contributed by atoms with Crippen LogP contribution >= 0.6 is 0 Å². The lowest BCUT2D eigenvalue weighted by atomic mass is 10.0. The van der Waals surface area contributed by atoms with Crippen LogP contribution in [0.2, 0.25) is 0 Å². The molecule has 0 saturated carbocycles. The smallest absolute Gasteiger partial charge is 0.159 e. The normalized spacial score (nSPS) is 14.5. The van der Waals surface area contributed by atoms with Crippen molar-refractivity contribution in [2.75, 3.05) is 18.0 Å². The van der Waals surface area contributed by atoms with Gasteiger partial charge in [-0.25, -0.2) is 4.98 Å².